The Kier molecular flexibility index (Phi) is 6.03. The van der Waals surface area contributed by atoms with Crippen LogP contribution in [0.25, 0.3) is 64.4 Å². The molecule has 0 aliphatic heterocycles. The van der Waals surface area contributed by atoms with E-state index >= 15 is 0 Å². The van der Waals surface area contributed by atoms with Crippen LogP contribution in [0.1, 0.15) is 0 Å². The quantitative estimate of drug-likeness (QED) is 0.197. The number of rotatable bonds is 5. The van der Waals surface area contributed by atoms with Crippen molar-refractivity contribution in [3.8, 4) is 22.3 Å². The topological polar surface area (TPSA) is 16.4 Å². The maximum atomic E-state index is 6.21. The lowest BCUT2D eigenvalue weighted by Crippen LogP contribution is -2.10. The summed E-state index contributed by atoms with van der Waals surface area (Å²) < 4.78 is 8.78. The Morgan fingerprint density at radius 1 is 0.422 bits per heavy atom. The van der Waals surface area contributed by atoms with E-state index in [0.717, 1.165) is 39.0 Å². The molecule has 0 saturated heterocycles. The molecule has 0 amide bonds. The molecule has 7 aromatic carbocycles. The van der Waals surface area contributed by atoms with Gasteiger partial charge in [0.2, 0.25) is 0 Å². The molecular formula is C42H27NOS. The summed E-state index contributed by atoms with van der Waals surface area (Å²) in [5.41, 5.74) is 10.0. The first-order valence-electron chi connectivity index (χ1n) is 15.2. The van der Waals surface area contributed by atoms with Crippen molar-refractivity contribution in [2.24, 2.45) is 0 Å². The van der Waals surface area contributed by atoms with Crippen molar-refractivity contribution in [2.45, 2.75) is 0 Å². The molecule has 0 aliphatic carbocycles. The monoisotopic (exact) mass is 593 g/mol. The standard InChI is InChI=1S/C42H27NOS/c1-2-11-28(12-3-1)32-13-4-5-14-33(32)29-21-23-30(24-22-29)43(31-25-26-39-36(27-31)34-15-6-8-18-38(34)44-39)37-17-10-20-41-42(37)35-16-7-9-19-40(35)45-41/h1-27H. The van der Waals surface area contributed by atoms with Crippen molar-refractivity contribution >= 4 is 70.5 Å². The SMILES string of the molecule is c1ccc(-c2ccccc2-c2ccc(N(c3ccc4oc5ccccc5c4c3)c3cccc4sc5ccccc5c34)cc2)cc1. The summed E-state index contributed by atoms with van der Waals surface area (Å²) in [6.45, 7) is 0. The Labute approximate surface area is 265 Å². The summed E-state index contributed by atoms with van der Waals surface area (Å²) in [6.07, 6.45) is 0. The van der Waals surface area contributed by atoms with Crippen LogP contribution in [-0.2, 0) is 0 Å². The Bertz CT molecular complexity index is 2490. The van der Waals surface area contributed by atoms with Crippen LogP contribution in [0.2, 0.25) is 0 Å². The van der Waals surface area contributed by atoms with Gasteiger partial charge in [-0.05, 0) is 76.9 Å². The van der Waals surface area contributed by atoms with Gasteiger partial charge < -0.3 is 9.32 Å². The Morgan fingerprint density at radius 3 is 1.87 bits per heavy atom. The molecule has 9 aromatic rings. The van der Waals surface area contributed by atoms with Gasteiger partial charge in [0.25, 0.3) is 0 Å². The van der Waals surface area contributed by atoms with Gasteiger partial charge in [0.15, 0.2) is 0 Å². The van der Waals surface area contributed by atoms with Gasteiger partial charge in [-0.3, -0.25) is 0 Å². The highest BCUT2D eigenvalue weighted by molar-refractivity contribution is 7.26. The zero-order chi connectivity index (χ0) is 29.7. The predicted molar refractivity (Wildman–Crippen MR) is 192 cm³/mol. The molecule has 0 radical (unpaired) electrons. The third kappa shape index (κ3) is 4.32. The molecule has 3 heteroatoms. The zero-order valence-corrected chi connectivity index (χ0v) is 25.2. The predicted octanol–water partition coefficient (Wildman–Crippen LogP) is 12.8. The van der Waals surface area contributed by atoms with Crippen molar-refractivity contribution in [1.29, 1.82) is 0 Å². The molecule has 0 N–H and O–H groups in total. The van der Waals surface area contributed by atoms with Crippen LogP contribution in [0.5, 0.6) is 0 Å². The first-order valence-corrected chi connectivity index (χ1v) is 16.0. The Balaban J connectivity index is 1.25. The highest BCUT2D eigenvalue weighted by atomic mass is 32.1. The largest absolute Gasteiger partial charge is 0.456 e. The van der Waals surface area contributed by atoms with Crippen LogP contribution < -0.4 is 4.90 Å². The molecule has 0 aliphatic rings. The van der Waals surface area contributed by atoms with Crippen molar-refractivity contribution in [3.63, 3.8) is 0 Å². The molecule has 2 nitrogen and oxygen atoms in total. The summed E-state index contributed by atoms with van der Waals surface area (Å²) in [5.74, 6) is 0. The first kappa shape index (κ1) is 25.8. The van der Waals surface area contributed by atoms with E-state index in [1.54, 1.807) is 0 Å². The van der Waals surface area contributed by atoms with Gasteiger partial charge in [-0.2, -0.15) is 0 Å². The summed E-state index contributed by atoms with van der Waals surface area (Å²) in [7, 11) is 0. The molecule has 2 heterocycles. The van der Waals surface area contributed by atoms with Gasteiger partial charge in [-0.15, -0.1) is 11.3 Å². The molecule has 0 fully saturated rings. The van der Waals surface area contributed by atoms with Crippen LogP contribution in [0, 0.1) is 0 Å². The fourth-order valence-corrected chi connectivity index (χ4v) is 7.74. The van der Waals surface area contributed by atoms with Crippen LogP contribution in [0.3, 0.4) is 0 Å². The minimum atomic E-state index is 0.895. The molecule has 0 bridgehead atoms. The fourth-order valence-electron chi connectivity index (χ4n) is 6.62. The minimum Gasteiger partial charge on any atom is -0.456 e. The molecule has 9 rings (SSSR count). The van der Waals surface area contributed by atoms with Gasteiger partial charge in [-0.1, -0.05) is 109 Å². The number of benzene rings is 7. The number of furan rings is 1. The first-order chi connectivity index (χ1) is 22.3. The van der Waals surface area contributed by atoms with Crippen molar-refractivity contribution < 1.29 is 4.42 Å². The van der Waals surface area contributed by atoms with E-state index in [-0.39, 0.29) is 0 Å². The van der Waals surface area contributed by atoms with Crippen LogP contribution in [0.15, 0.2) is 168 Å². The van der Waals surface area contributed by atoms with Crippen molar-refractivity contribution in [3.05, 3.63) is 164 Å². The third-order valence-corrected chi connectivity index (χ3v) is 9.82. The van der Waals surface area contributed by atoms with Gasteiger partial charge >= 0.3 is 0 Å². The second-order valence-corrected chi connectivity index (χ2v) is 12.4. The van der Waals surface area contributed by atoms with Gasteiger partial charge in [0.05, 0.1) is 5.69 Å². The van der Waals surface area contributed by atoms with Gasteiger partial charge in [0.1, 0.15) is 11.2 Å². The van der Waals surface area contributed by atoms with E-state index in [0.29, 0.717) is 0 Å². The molecule has 212 valence electrons. The summed E-state index contributed by atoms with van der Waals surface area (Å²) in [5, 5.41) is 4.79. The number of anilines is 3. The summed E-state index contributed by atoms with van der Waals surface area (Å²) in [6, 6.07) is 58.5. The van der Waals surface area contributed by atoms with Crippen molar-refractivity contribution in [1.82, 2.24) is 0 Å². The van der Waals surface area contributed by atoms with Gasteiger partial charge in [-0.25, -0.2) is 0 Å². The fraction of sp³-hybridized carbons (Fsp3) is 0. The van der Waals surface area contributed by atoms with Crippen LogP contribution in [-0.4, -0.2) is 0 Å². The average Bonchev–Trinajstić information content (AvgIpc) is 3.68. The maximum Gasteiger partial charge on any atom is 0.135 e. The van der Waals surface area contributed by atoms with E-state index in [2.05, 4.69) is 157 Å². The molecule has 0 spiro atoms. The highest BCUT2D eigenvalue weighted by Gasteiger charge is 2.20. The number of hydrogen-bond acceptors (Lipinski definition) is 3. The normalized spacial score (nSPS) is 11.6. The maximum absolute atomic E-state index is 6.21. The Hall–Kier alpha value is -5.64. The van der Waals surface area contributed by atoms with E-state index < -0.39 is 0 Å². The lowest BCUT2D eigenvalue weighted by molar-refractivity contribution is 0.669. The molecule has 0 atom stereocenters. The zero-order valence-electron chi connectivity index (χ0n) is 24.4. The smallest absolute Gasteiger partial charge is 0.135 e. The second-order valence-electron chi connectivity index (χ2n) is 11.3. The lowest BCUT2D eigenvalue weighted by atomic mass is 9.94. The number of fused-ring (bicyclic) bond motifs is 6. The average molecular weight is 594 g/mol. The molecule has 0 unspecified atom stereocenters. The van der Waals surface area contributed by atoms with Crippen molar-refractivity contribution in [2.75, 3.05) is 4.90 Å². The molecule has 0 saturated carbocycles. The highest BCUT2D eigenvalue weighted by Crippen LogP contribution is 2.46. The second kappa shape index (κ2) is 10.5. The molecular weight excluding hydrogens is 567 g/mol. The van der Waals surface area contributed by atoms with Crippen LogP contribution >= 0.6 is 11.3 Å². The minimum absolute atomic E-state index is 0.895. The summed E-state index contributed by atoms with van der Waals surface area (Å²) in [4.78, 5) is 2.40. The van der Waals surface area contributed by atoms with Gasteiger partial charge in [0, 0.05) is 42.3 Å². The van der Waals surface area contributed by atoms with E-state index in [4.69, 9.17) is 4.42 Å². The number of nitrogens with zero attached hydrogens (tertiary/aromatic N) is 1. The number of thiophene rings is 1. The van der Waals surface area contributed by atoms with E-state index in [1.807, 2.05) is 23.5 Å². The van der Waals surface area contributed by atoms with E-state index in [9.17, 15) is 0 Å². The summed E-state index contributed by atoms with van der Waals surface area (Å²) >= 11 is 1.85. The number of para-hydroxylation sites is 1. The van der Waals surface area contributed by atoms with E-state index in [1.165, 1.54) is 42.4 Å². The number of hydrogen-bond donors (Lipinski definition) is 0. The van der Waals surface area contributed by atoms with Crippen LogP contribution in [0.4, 0.5) is 17.1 Å². The Morgan fingerprint density at radius 2 is 1.04 bits per heavy atom. The molecule has 45 heavy (non-hydrogen) atoms. The molecule has 2 aromatic heterocycles. The lowest BCUT2D eigenvalue weighted by Gasteiger charge is -2.27. The third-order valence-electron chi connectivity index (χ3n) is 8.69.